The molecule has 1 N–H and O–H groups in total. The third-order valence-corrected chi connectivity index (χ3v) is 3.19. The first-order valence-electron chi connectivity index (χ1n) is 5.28. The number of aromatic nitrogens is 2. The monoisotopic (exact) mass is 238 g/mol. The van der Waals surface area contributed by atoms with E-state index in [-0.39, 0.29) is 0 Å². The van der Waals surface area contributed by atoms with Gasteiger partial charge in [0.15, 0.2) is 5.82 Å². The summed E-state index contributed by atoms with van der Waals surface area (Å²) in [7, 11) is 0. The maximum absolute atomic E-state index is 9.23. The normalized spacial score (nSPS) is 12.9. The van der Waals surface area contributed by atoms with E-state index in [1.807, 2.05) is 0 Å². The topological polar surface area (TPSA) is 59.2 Å². The van der Waals surface area contributed by atoms with Gasteiger partial charge in [-0.1, -0.05) is 11.2 Å². The maximum Gasteiger partial charge on any atom is 0.226 e. The van der Waals surface area contributed by atoms with Crippen LogP contribution in [0.3, 0.4) is 0 Å². The van der Waals surface area contributed by atoms with Crippen LogP contribution in [0.15, 0.2) is 22.0 Å². The molecule has 0 aliphatic heterocycles. The largest absolute Gasteiger partial charge is 0.385 e. The van der Waals surface area contributed by atoms with Crippen molar-refractivity contribution >= 4 is 11.3 Å². The summed E-state index contributed by atoms with van der Waals surface area (Å²) in [5.41, 5.74) is 0. The zero-order valence-corrected chi connectivity index (χ0v) is 9.91. The molecule has 0 aliphatic carbocycles. The average Bonchev–Trinajstić information content (AvgIpc) is 2.87. The molecule has 86 valence electrons. The molecule has 0 spiro atoms. The molecule has 4 nitrogen and oxygen atoms in total. The molecule has 1 atom stereocenters. The number of thiophene rings is 1. The first-order valence-corrected chi connectivity index (χ1v) is 6.16. The predicted octanol–water partition coefficient (Wildman–Crippen LogP) is 2.36. The van der Waals surface area contributed by atoms with Crippen molar-refractivity contribution in [3.05, 3.63) is 34.1 Å². The van der Waals surface area contributed by atoms with Crippen molar-refractivity contribution in [1.82, 2.24) is 10.1 Å². The molecule has 0 amide bonds. The third-order valence-electron chi connectivity index (χ3n) is 2.25. The number of aliphatic hydroxyl groups excluding tert-OH is 1. The van der Waals surface area contributed by atoms with Crippen LogP contribution < -0.4 is 0 Å². The van der Waals surface area contributed by atoms with Crippen LogP contribution in [0.1, 0.15) is 36.0 Å². The average molecular weight is 238 g/mol. The minimum atomic E-state index is -0.658. The van der Waals surface area contributed by atoms with E-state index in [1.165, 1.54) is 4.88 Å². The van der Waals surface area contributed by atoms with Crippen molar-refractivity contribution in [2.75, 3.05) is 0 Å². The molecule has 2 aromatic rings. The van der Waals surface area contributed by atoms with Crippen LogP contribution in [0.25, 0.3) is 0 Å². The second kappa shape index (κ2) is 5.23. The lowest BCUT2D eigenvalue weighted by atomic mass is 10.2. The molecule has 16 heavy (non-hydrogen) atoms. The molecule has 0 aliphatic rings. The van der Waals surface area contributed by atoms with Crippen molar-refractivity contribution in [2.45, 2.75) is 32.3 Å². The van der Waals surface area contributed by atoms with Gasteiger partial charge in [0.05, 0.1) is 0 Å². The van der Waals surface area contributed by atoms with Gasteiger partial charge in [-0.3, -0.25) is 0 Å². The lowest BCUT2D eigenvalue weighted by molar-refractivity contribution is 0.184. The lowest BCUT2D eigenvalue weighted by Crippen LogP contribution is -1.94. The number of hydrogen-bond acceptors (Lipinski definition) is 5. The van der Waals surface area contributed by atoms with Gasteiger partial charge in [-0.25, -0.2) is 0 Å². The van der Waals surface area contributed by atoms with E-state index in [4.69, 9.17) is 4.52 Å². The molecule has 2 aromatic heterocycles. The standard InChI is InChI=1S/C11H14N2O2S/c1-8(14)11-12-10(15-13-11)6-2-4-9-5-3-7-16-9/h3,5,7-8,14H,2,4,6H2,1H3. The lowest BCUT2D eigenvalue weighted by Gasteiger charge is -1.94. The minimum absolute atomic E-state index is 0.367. The number of aryl methyl sites for hydroxylation is 2. The summed E-state index contributed by atoms with van der Waals surface area (Å²) in [5.74, 6) is 0.971. The van der Waals surface area contributed by atoms with Gasteiger partial charge >= 0.3 is 0 Å². The molecule has 0 radical (unpaired) electrons. The first kappa shape index (κ1) is 11.3. The van der Waals surface area contributed by atoms with Gasteiger partial charge in [0.2, 0.25) is 5.89 Å². The Bertz CT molecular complexity index is 423. The summed E-state index contributed by atoms with van der Waals surface area (Å²) in [4.78, 5) is 5.47. The first-order chi connectivity index (χ1) is 7.75. The Hall–Kier alpha value is -1.20. The van der Waals surface area contributed by atoms with E-state index in [2.05, 4.69) is 27.7 Å². The summed E-state index contributed by atoms with van der Waals surface area (Å²) < 4.78 is 5.03. The van der Waals surface area contributed by atoms with Gasteiger partial charge in [0.25, 0.3) is 0 Å². The fraction of sp³-hybridized carbons (Fsp3) is 0.455. The van der Waals surface area contributed by atoms with Gasteiger partial charge < -0.3 is 9.63 Å². The Kier molecular flexibility index (Phi) is 3.69. The molecule has 0 bridgehead atoms. The van der Waals surface area contributed by atoms with E-state index in [9.17, 15) is 5.11 Å². The second-order valence-electron chi connectivity index (χ2n) is 3.66. The third kappa shape index (κ3) is 2.90. The maximum atomic E-state index is 9.23. The number of rotatable bonds is 5. The molecule has 0 fully saturated rings. The van der Waals surface area contributed by atoms with Crippen LogP contribution in [0, 0.1) is 0 Å². The highest BCUT2D eigenvalue weighted by molar-refractivity contribution is 7.09. The van der Waals surface area contributed by atoms with Crippen molar-refractivity contribution < 1.29 is 9.63 Å². The highest BCUT2D eigenvalue weighted by atomic mass is 32.1. The van der Waals surface area contributed by atoms with Crippen molar-refractivity contribution in [1.29, 1.82) is 0 Å². The summed E-state index contributed by atoms with van der Waals surface area (Å²) in [6.07, 6.45) is 2.12. The second-order valence-corrected chi connectivity index (χ2v) is 4.69. The van der Waals surface area contributed by atoms with Gasteiger partial charge in [-0.05, 0) is 31.2 Å². The summed E-state index contributed by atoms with van der Waals surface area (Å²) >= 11 is 1.76. The van der Waals surface area contributed by atoms with Crippen molar-refractivity contribution in [3.8, 4) is 0 Å². The molecule has 2 heterocycles. The van der Waals surface area contributed by atoms with Crippen LogP contribution >= 0.6 is 11.3 Å². The summed E-state index contributed by atoms with van der Waals surface area (Å²) in [6, 6.07) is 4.18. The fourth-order valence-corrected chi connectivity index (χ4v) is 2.16. The smallest absolute Gasteiger partial charge is 0.226 e. The Morgan fingerprint density at radius 1 is 1.50 bits per heavy atom. The Labute approximate surface area is 97.9 Å². The zero-order valence-electron chi connectivity index (χ0n) is 9.09. The Balaban J connectivity index is 1.81. The molecule has 2 rings (SSSR count). The summed E-state index contributed by atoms with van der Waals surface area (Å²) in [6.45, 7) is 1.63. The van der Waals surface area contributed by atoms with E-state index in [0.29, 0.717) is 11.7 Å². The van der Waals surface area contributed by atoms with E-state index in [1.54, 1.807) is 18.3 Å². The van der Waals surface area contributed by atoms with Gasteiger partial charge in [0.1, 0.15) is 6.10 Å². The van der Waals surface area contributed by atoms with Crippen molar-refractivity contribution in [2.24, 2.45) is 0 Å². The van der Waals surface area contributed by atoms with E-state index in [0.717, 1.165) is 19.3 Å². The quantitative estimate of drug-likeness (QED) is 0.868. The molecule has 1 unspecified atom stereocenters. The highest BCUT2D eigenvalue weighted by Crippen LogP contribution is 2.13. The van der Waals surface area contributed by atoms with Gasteiger partial charge in [-0.15, -0.1) is 11.3 Å². The minimum Gasteiger partial charge on any atom is -0.385 e. The zero-order chi connectivity index (χ0) is 11.4. The molecular formula is C11H14N2O2S. The number of nitrogens with zero attached hydrogens (tertiary/aromatic N) is 2. The van der Waals surface area contributed by atoms with E-state index < -0.39 is 6.10 Å². The number of hydrogen-bond donors (Lipinski definition) is 1. The van der Waals surface area contributed by atoms with Crippen LogP contribution in [-0.4, -0.2) is 15.2 Å². The highest BCUT2D eigenvalue weighted by Gasteiger charge is 2.10. The Morgan fingerprint density at radius 3 is 3.00 bits per heavy atom. The van der Waals surface area contributed by atoms with Crippen LogP contribution in [0.5, 0.6) is 0 Å². The van der Waals surface area contributed by atoms with Crippen LogP contribution in [0.4, 0.5) is 0 Å². The SMILES string of the molecule is CC(O)c1noc(CCCc2cccs2)n1. The van der Waals surface area contributed by atoms with Gasteiger partial charge in [-0.2, -0.15) is 4.98 Å². The Morgan fingerprint density at radius 2 is 2.38 bits per heavy atom. The molecular weight excluding hydrogens is 224 g/mol. The van der Waals surface area contributed by atoms with Crippen LogP contribution in [-0.2, 0) is 12.8 Å². The van der Waals surface area contributed by atoms with E-state index >= 15 is 0 Å². The molecule has 0 saturated heterocycles. The predicted molar refractivity (Wildman–Crippen MR) is 61.3 cm³/mol. The summed E-state index contributed by atoms with van der Waals surface area (Å²) in [5, 5.41) is 15.0. The molecule has 0 saturated carbocycles. The molecule has 5 heteroatoms. The fourth-order valence-electron chi connectivity index (χ4n) is 1.41. The number of aliphatic hydroxyl groups is 1. The van der Waals surface area contributed by atoms with Crippen molar-refractivity contribution in [3.63, 3.8) is 0 Å². The molecule has 0 aromatic carbocycles. The van der Waals surface area contributed by atoms with Gasteiger partial charge in [0, 0.05) is 11.3 Å². The van der Waals surface area contributed by atoms with Crippen LogP contribution in [0.2, 0.25) is 0 Å².